The molecular formula is C25H35N5. The first-order chi connectivity index (χ1) is 14.7. The maximum Gasteiger partial charge on any atom is 0.134 e. The summed E-state index contributed by atoms with van der Waals surface area (Å²) in [5, 5.41) is 0. The lowest BCUT2D eigenvalue weighted by molar-refractivity contribution is 0.173. The van der Waals surface area contributed by atoms with Crippen LogP contribution in [0.1, 0.15) is 61.9 Å². The van der Waals surface area contributed by atoms with Crippen LogP contribution in [-0.2, 0) is 19.6 Å². The normalized spacial score (nSPS) is 22.1. The van der Waals surface area contributed by atoms with Gasteiger partial charge in [0.2, 0.25) is 0 Å². The van der Waals surface area contributed by atoms with Crippen molar-refractivity contribution >= 4 is 6.08 Å². The zero-order valence-electron chi connectivity index (χ0n) is 18.5. The molecular weight excluding hydrogens is 370 g/mol. The fourth-order valence-electron chi connectivity index (χ4n) is 4.92. The molecule has 160 valence electrons. The molecule has 30 heavy (non-hydrogen) atoms. The Kier molecular flexibility index (Phi) is 6.80. The predicted octanol–water partition coefficient (Wildman–Crippen LogP) is 4.68. The fraction of sp³-hybridized carbons (Fsp3) is 0.520. The molecule has 5 heteroatoms. The number of allylic oxidation sites excluding steroid dienone is 2. The van der Waals surface area contributed by atoms with Gasteiger partial charge >= 0.3 is 0 Å². The largest absolute Gasteiger partial charge is 0.318 e. The highest BCUT2D eigenvalue weighted by Gasteiger charge is 2.27. The first kappa shape index (κ1) is 21.0. The van der Waals surface area contributed by atoms with E-state index in [4.69, 9.17) is 9.97 Å². The predicted molar refractivity (Wildman–Crippen MR) is 123 cm³/mol. The van der Waals surface area contributed by atoms with Gasteiger partial charge in [-0.15, -0.1) is 0 Å². The zero-order chi connectivity index (χ0) is 20.9. The summed E-state index contributed by atoms with van der Waals surface area (Å²) in [7, 11) is 0. The second-order valence-corrected chi connectivity index (χ2v) is 8.79. The molecule has 0 amide bonds. The van der Waals surface area contributed by atoms with Crippen LogP contribution >= 0.6 is 0 Å². The van der Waals surface area contributed by atoms with Gasteiger partial charge in [0.05, 0.1) is 24.1 Å². The average molecular weight is 406 g/mol. The Hall–Kier alpha value is -2.24. The summed E-state index contributed by atoms with van der Waals surface area (Å²) in [4.78, 5) is 14.8. The van der Waals surface area contributed by atoms with Crippen molar-refractivity contribution in [1.82, 2.24) is 24.3 Å². The van der Waals surface area contributed by atoms with Crippen LogP contribution in [0.5, 0.6) is 0 Å². The number of fused-ring (bicyclic) bond motifs is 1. The van der Waals surface area contributed by atoms with Crippen molar-refractivity contribution in [1.29, 1.82) is 0 Å². The van der Waals surface area contributed by atoms with Crippen LogP contribution in [0.3, 0.4) is 0 Å². The van der Waals surface area contributed by atoms with Crippen molar-refractivity contribution < 1.29 is 0 Å². The van der Waals surface area contributed by atoms with Crippen molar-refractivity contribution in [2.24, 2.45) is 5.92 Å². The Morgan fingerprint density at radius 1 is 1.33 bits per heavy atom. The third kappa shape index (κ3) is 4.73. The van der Waals surface area contributed by atoms with E-state index in [1.807, 2.05) is 18.3 Å². The van der Waals surface area contributed by atoms with Crippen molar-refractivity contribution in [2.45, 2.75) is 58.8 Å². The third-order valence-corrected chi connectivity index (χ3v) is 6.48. The molecule has 1 unspecified atom stereocenters. The van der Waals surface area contributed by atoms with Crippen molar-refractivity contribution in [3.8, 4) is 0 Å². The number of aromatic nitrogens is 3. The topological polar surface area (TPSA) is 37.2 Å². The third-order valence-electron chi connectivity index (χ3n) is 6.48. The molecule has 2 aromatic rings. The molecule has 3 heterocycles. The summed E-state index contributed by atoms with van der Waals surface area (Å²) < 4.78 is 2.30. The molecule has 5 nitrogen and oxygen atoms in total. The standard InChI is InChI=1S/C25H35N5/c1-4-6-12-24-27-22(18-30(24)19-28-15-13-20(3)16-28)17-29(5-2)23-11-7-9-21-10-8-14-26-25(21)23/h4,6,8,10,12,14,18,20,23H,1,5,7,9,11,13,15-17,19H2,2-3H3/b12-6-/t20?,23-/m0/s1. The molecule has 4 rings (SSSR count). The number of imidazole rings is 1. The molecule has 2 aromatic heterocycles. The Morgan fingerprint density at radius 2 is 2.23 bits per heavy atom. The average Bonchev–Trinajstić information content (AvgIpc) is 3.35. The molecule has 0 spiro atoms. The van der Waals surface area contributed by atoms with E-state index in [1.165, 1.54) is 43.6 Å². The lowest BCUT2D eigenvalue weighted by atomic mass is 9.91. The smallest absolute Gasteiger partial charge is 0.134 e. The van der Waals surface area contributed by atoms with Crippen LogP contribution < -0.4 is 0 Å². The zero-order valence-corrected chi connectivity index (χ0v) is 18.5. The molecule has 1 saturated heterocycles. The van der Waals surface area contributed by atoms with Crippen LogP contribution in [0.15, 0.2) is 43.3 Å². The Bertz CT molecular complexity index is 883. The van der Waals surface area contributed by atoms with Gasteiger partial charge < -0.3 is 4.57 Å². The van der Waals surface area contributed by atoms with Gasteiger partial charge in [-0.3, -0.25) is 14.8 Å². The lowest BCUT2D eigenvalue weighted by Crippen LogP contribution is -2.31. The molecule has 1 aliphatic carbocycles. The number of hydrogen-bond acceptors (Lipinski definition) is 4. The quantitative estimate of drug-likeness (QED) is 0.598. The second-order valence-electron chi connectivity index (χ2n) is 8.79. The van der Waals surface area contributed by atoms with Crippen LogP contribution in [0.25, 0.3) is 6.08 Å². The van der Waals surface area contributed by atoms with Crippen LogP contribution in [0, 0.1) is 5.92 Å². The summed E-state index contributed by atoms with van der Waals surface area (Å²) >= 11 is 0. The number of aryl methyl sites for hydroxylation is 1. The Labute approximate surface area is 181 Å². The number of pyridine rings is 1. The van der Waals surface area contributed by atoms with Gasteiger partial charge in [0.25, 0.3) is 0 Å². The van der Waals surface area contributed by atoms with E-state index in [0.29, 0.717) is 6.04 Å². The summed E-state index contributed by atoms with van der Waals surface area (Å²) in [5.74, 6) is 1.80. The molecule has 1 fully saturated rings. The van der Waals surface area contributed by atoms with Gasteiger partial charge in [0, 0.05) is 32.0 Å². The van der Waals surface area contributed by atoms with Gasteiger partial charge in [-0.2, -0.15) is 0 Å². The van der Waals surface area contributed by atoms with E-state index < -0.39 is 0 Å². The SMILES string of the molecule is C=C/C=C\c1nc(CN(CC)[C@H]2CCCc3cccnc32)cn1CN1CCC(C)C1. The van der Waals surface area contributed by atoms with E-state index in [1.54, 1.807) is 0 Å². The highest BCUT2D eigenvalue weighted by atomic mass is 15.3. The van der Waals surface area contributed by atoms with E-state index in [0.717, 1.165) is 43.6 Å². The Morgan fingerprint density at radius 3 is 3.00 bits per heavy atom. The van der Waals surface area contributed by atoms with Crippen LogP contribution in [-0.4, -0.2) is 44.0 Å². The first-order valence-electron chi connectivity index (χ1n) is 11.4. The molecule has 0 bridgehead atoms. The highest BCUT2D eigenvalue weighted by molar-refractivity contribution is 5.43. The summed E-state index contributed by atoms with van der Waals surface area (Å²) in [6, 6.07) is 4.69. The number of nitrogens with zero attached hydrogens (tertiary/aromatic N) is 5. The monoisotopic (exact) mass is 405 g/mol. The van der Waals surface area contributed by atoms with Crippen molar-refractivity contribution in [2.75, 3.05) is 19.6 Å². The molecule has 0 radical (unpaired) electrons. The summed E-state index contributed by atoms with van der Waals surface area (Å²) in [6.45, 7) is 13.5. The minimum absolute atomic E-state index is 0.386. The van der Waals surface area contributed by atoms with E-state index in [2.05, 4.69) is 59.2 Å². The van der Waals surface area contributed by atoms with Crippen LogP contribution in [0.4, 0.5) is 0 Å². The van der Waals surface area contributed by atoms with Gasteiger partial charge in [0.15, 0.2) is 0 Å². The number of hydrogen-bond donors (Lipinski definition) is 0. The first-order valence-corrected chi connectivity index (χ1v) is 11.4. The molecule has 0 N–H and O–H groups in total. The maximum absolute atomic E-state index is 4.99. The van der Waals surface area contributed by atoms with E-state index >= 15 is 0 Å². The Balaban J connectivity index is 1.54. The number of likely N-dealkylation sites (tertiary alicyclic amines) is 1. The minimum atomic E-state index is 0.386. The number of rotatable bonds is 8. The summed E-state index contributed by atoms with van der Waals surface area (Å²) in [5.41, 5.74) is 3.81. The van der Waals surface area contributed by atoms with E-state index in [9.17, 15) is 0 Å². The van der Waals surface area contributed by atoms with Gasteiger partial charge in [-0.25, -0.2) is 4.98 Å². The second kappa shape index (κ2) is 9.71. The van der Waals surface area contributed by atoms with Crippen molar-refractivity contribution in [3.63, 3.8) is 0 Å². The minimum Gasteiger partial charge on any atom is -0.318 e. The molecule has 1 aliphatic heterocycles. The maximum atomic E-state index is 4.99. The molecule has 0 saturated carbocycles. The lowest BCUT2D eigenvalue weighted by Gasteiger charge is -2.33. The van der Waals surface area contributed by atoms with Gasteiger partial charge in [-0.1, -0.05) is 38.6 Å². The van der Waals surface area contributed by atoms with Gasteiger partial charge in [-0.05, 0) is 55.9 Å². The summed E-state index contributed by atoms with van der Waals surface area (Å²) in [6.07, 6.45) is 14.9. The van der Waals surface area contributed by atoms with Crippen molar-refractivity contribution in [3.05, 3.63) is 66.0 Å². The fourth-order valence-corrected chi connectivity index (χ4v) is 4.92. The van der Waals surface area contributed by atoms with Crippen LogP contribution in [0.2, 0.25) is 0 Å². The molecule has 2 aliphatic rings. The highest BCUT2D eigenvalue weighted by Crippen LogP contribution is 2.33. The molecule has 0 aromatic carbocycles. The van der Waals surface area contributed by atoms with Gasteiger partial charge in [0.1, 0.15) is 5.82 Å². The molecule has 2 atom stereocenters. The van der Waals surface area contributed by atoms with E-state index in [-0.39, 0.29) is 0 Å².